The van der Waals surface area contributed by atoms with E-state index in [0.29, 0.717) is 71.1 Å². The maximum Gasteiger partial charge on any atom is 0.311 e. The number of amides is 2. The molecule has 2 amide bonds. The van der Waals surface area contributed by atoms with Crippen molar-refractivity contribution in [3.8, 4) is 34.8 Å². The van der Waals surface area contributed by atoms with Crippen molar-refractivity contribution in [3.05, 3.63) is 75.3 Å². The lowest BCUT2D eigenvalue weighted by molar-refractivity contribution is -0.135. The van der Waals surface area contributed by atoms with Crippen molar-refractivity contribution in [2.45, 2.75) is 122 Å². The molecule has 4 heterocycles. The van der Waals surface area contributed by atoms with E-state index in [2.05, 4.69) is 39.5 Å². The molecule has 1 fully saturated rings. The van der Waals surface area contributed by atoms with Crippen LogP contribution < -0.4 is 34.3 Å². The minimum atomic E-state index is -0.858. The molecule has 0 radical (unpaired) electrons. The molecule has 0 aromatic heterocycles. The largest absolute Gasteiger partial charge is 0.493 e. The van der Waals surface area contributed by atoms with Gasteiger partial charge >= 0.3 is 11.9 Å². The summed E-state index contributed by atoms with van der Waals surface area (Å²) in [6.45, 7) is 8.77. The van der Waals surface area contributed by atoms with Gasteiger partial charge in [0.25, 0.3) is 0 Å². The van der Waals surface area contributed by atoms with Crippen LogP contribution in [0.3, 0.4) is 0 Å². The summed E-state index contributed by atoms with van der Waals surface area (Å²) in [5.74, 6) is 0.568. The number of unbranched alkanes of at least 4 members (excludes halogenated alkanes) is 2. The molecule has 3 aromatic carbocycles. The number of aryl methyl sites for hydroxylation is 2. The molecule has 60 heavy (non-hydrogen) atoms. The van der Waals surface area contributed by atoms with Gasteiger partial charge in [-0.3, -0.25) is 29.0 Å². The molecule has 3 aromatic rings. The van der Waals surface area contributed by atoms with Crippen LogP contribution in [0.15, 0.2) is 36.4 Å². The third-order valence-electron chi connectivity index (χ3n) is 12.4. The first-order chi connectivity index (χ1) is 28.9. The number of hydrogen-bond donors (Lipinski definition) is 2. The van der Waals surface area contributed by atoms with Crippen molar-refractivity contribution < 1.29 is 42.9 Å². The van der Waals surface area contributed by atoms with Gasteiger partial charge in [-0.25, -0.2) is 0 Å². The Kier molecular flexibility index (Phi) is 12.7. The fraction of sp³-hybridized carbons (Fsp3) is 0.500. The van der Waals surface area contributed by atoms with Gasteiger partial charge in [0.2, 0.25) is 18.6 Å². The maximum atomic E-state index is 13.9. The number of likely N-dealkylation sites (N-methyl/N-ethyl adjacent to an activating group) is 1. The topological polar surface area (TPSA) is 169 Å². The summed E-state index contributed by atoms with van der Waals surface area (Å²) in [4.78, 5) is 57.4. The van der Waals surface area contributed by atoms with Gasteiger partial charge in [0.05, 0.1) is 25.3 Å². The van der Waals surface area contributed by atoms with Crippen LogP contribution in [0.5, 0.6) is 28.7 Å². The third-order valence-corrected chi connectivity index (χ3v) is 12.4. The molecule has 318 valence electrons. The number of piperazine rings is 1. The zero-order chi connectivity index (χ0) is 42.8. The van der Waals surface area contributed by atoms with Crippen LogP contribution in [0.1, 0.15) is 104 Å². The molecule has 0 spiro atoms. The average Bonchev–Trinajstić information content (AvgIpc) is 3.72. The molecule has 6 atom stereocenters. The van der Waals surface area contributed by atoms with Crippen molar-refractivity contribution in [2.24, 2.45) is 0 Å². The van der Waals surface area contributed by atoms with Crippen molar-refractivity contribution in [2.75, 3.05) is 27.5 Å². The number of esters is 2. The first-order valence-electron chi connectivity index (χ1n) is 20.9. The van der Waals surface area contributed by atoms with E-state index in [1.54, 1.807) is 14.0 Å². The average molecular weight is 822 g/mol. The van der Waals surface area contributed by atoms with Crippen molar-refractivity contribution in [1.29, 1.82) is 5.26 Å². The minimum Gasteiger partial charge on any atom is -0.493 e. The fourth-order valence-corrected chi connectivity index (χ4v) is 9.70. The molecule has 4 aliphatic heterocycles. The lowest BCUT2D eigenvalue weighted by Gasteiger charge is -2.60. The van der Waals surface area contributed by atoms with Crippen LogP contribution in [0.4, 0.5) is 0 Å². The number of fused-ring (bicyclic) bond motifs is 9. The Labute approximate surface area is 351 Å². The molecule has 14 heteroatoms. The number of hydrogen-bond acceptors (Lipinski definition) is 12. The van der Waals surface area contributed by atoms with E-state index in [9.17, 15) is 24.4 Å². The van der Waals surface area contributed by atoms with Gasteiger partial charge in [0, 0.05) is 60.6 Å². The molecule has 7 rings (SSSR count). The fourth-order valence-electron chi connectivity index (χ4n) is 9.70. The predicted octanol–water partition coefficient (Wildman–Crippen LogP) is 5.48. The third kappa shape index (κ3) is 8.00. The zero-order valence-electron chi connectivity index (χ0n) is 35.5. The second-order valence-corrected chi connectivity index (χ2v) is 16.3. The SMILES string of the molecule is CCCCCC(=O)Oc1c(OC)c(C)cc2c1C1[C@@H]3Cc4c(OC(C)=O)c(C)c5c(c4[C@H](CNC(=O)C(C)NC(=O)CCc4ccccc4)N3[C@@H](C#N)C(C2)N1C)OCO5. The summed E-state index contributed by atoms with van der Waals surface area (Å²) in [6, 6.07) is 11.0. The molecule has 2 bridgehead atoms. The van der Waals surface area contributed by atoms with Crippen LogP contribution >= 0.6 is 0 Å². The molecule has 1 saturated heterocycles. The number of carbonyl (C=O) groups excluding carboxylic acids is 4. The smallest absolute Gasteiger partial charge is 0.311 e. The summed E-state index contributed by atoms with van der Waals surface area (Å²) >= 11 is 0. The minimum absolute atomic E-state index is 0.0234. The van der Waals surface area contributed by atoms with Crippen LogP contribution in [-0.4, -0.2) is 85.2 Å². The summed E-state index contributed by atoms with van der Waals surface area (Å²) < 4.78 is 30.4. The maximum absolute atomic E-state index is 13.9. The molecule has 14 nitrogen and oxygen atoms in total. The van der Waals surface area contributed by atoms with Crippen LogP contribution in [0.25, 0.3) is 0 Å². The van der Waals surface area contributed by atoms with E-state index in [-0.39, 0.29) is 44.1 Å². The van der Waals surface area contributed by atoms with Gasteiger partial charge in [-0.1, -0.05) is 56.2 Å². The highest BCUT2D eigenvalue weighted by Crippen LogP contribution is 2.58. The van der Waals surface area contributed by atoms with Crippen LogP contribution in [-0.2, 0) is 38.4 Å². The van der Waals surface area contributed by atoms with E-state index in [0.717, 1.165) is 35.1 Å². The van der Waals surface area contributed by atoms with Crippen molar-refractivity contribution in [3.63, 3.8) is 0 Å². The number of nitriles is 1. The molecule has 3 unspecified atom stereocenters. The Bertz CT molecular complexity index is 2200. The molecule has 2 N–H and O–H groups in total. The first-order valence-corrected chi connectivity index (χ1v) is 20.9. The van der Waals surface area contributed by atoms with Crippen LogP contribution in [0, 0.1) is 25.2 Å². The normalized spacial score (nSPS) is 21.7. The van der Waals surface area contributed by atoms with E-state index in [1.165, 1.54) is 6.92 Å². The predicted molar refractivity (Wildman–Crippen MR) is 221 cm³/mol. The molecule has 0 saturated carbocycles. The highest BCUT2D eigenvalue weighted by atomic mass is 16.7. The number of methoxy groups -OCH3 is 1. The van der Waals surface area contributed by atoms with Gasteiger partial charge in [0.15, 0.2) is 23.0 Å². The van der Waals surface area contributed by atoms with E-state index in [4.69, 9.17) is 23.7 Å². The number of benzene rings is 3. The molecule has 4 aliphatic rings. The Morgan fingerprint density at radius 1 is 0.967 bits per heavy atom. The summed E-state index contributed by atoms with van der Waals surface area (Å²) in [5.41, 5.74) is 5.56. The monoisotopic (exact) mass is 821 g/mol. The second kappa shape index (κ2) is 17.9. The van der Waals surface area contributed by atoms with E-state index in [1.807, 2.05) is 51.2 Å². The Hall–Kier alpha value is -5.65. The highest BCUT2D eigenvalue weighted by molar-refractivity contribution is 5.87. The Morgan fingerprint density at radius 2 is 1.72 bits per heavy atom. The summed E-state index contributed by atoms with van der Waals surface area (Å²) in [5, 5.41) is 17.1. The number of nitrogens with one attached hydrogen (secondary N) is 2. The second-order valence-electron chi connectivity index (χ2n) is 16.3. The summed E-state index contributed by atoms with van der Waals surface area (Å²) in [7, 11) is 3.56. The molecular formula is C46H55N5O9. The molecular weight excluding hydrogens is 767 g/mol. The van der Waals surface area contributed by atoms with Gasteiger partial charge in [-0.05, 0) is 70.2 Å². The summed E-state index contributed by atoms with van der Waals surface area (Å²) in [6.07, 6.45) is 4.37. The first kappa shape index (κ1) is 42.5. The lowest BCUT2D eigenvalue weighted by Crippen LogP contribution is -2.69. The van der Waals surface area contributed by atoms with Gasteiger partial charge in [0.1, 0.15) is 17.8 Å². The van der Waals surface area contributed by atoms with Crippen molar-refractivity contribution >= 4 is 23.8 Å². The molecule has 0 aliphatic carbocycles. The lowest BCUT2D eigenvalue weighted by atomic mass is 9.71. The Balaban J connectivity index is 1.30. The number of rotatable bonds is 14. The standard InChI is InChI=1S/C46H55N5O9/c1-8-9-11-16-37(54)60-45-38-30(19-25(2)41(45)56-7)20-32-34(22-47)51-33(40(38)50(32)6)21-31-39(44-43(57-24-58-44)26(3)42(31)59-28(5)52)35(51)23-48-46(55)27(4)49-36(53)18-17-29-14-12-10-13-15-29/h10,12-15,19,27,32-35,40H,8-9,11,16-18,20-21,23-24H2,1-7H3,(H,48,55)(H,49,53)/t27?,32?,33-,34-,35-,40?/m0/s1. The highest BCUT2D eigenvalue weighted by Gasteiger charge is 2.57. The van der Waals surface area contributed by atoms with Crippen molar-refractivity contribution in [1.82, 2.24) is 20.4 Å². The zero-order valence-corrected chi connectivity index (χ0v) is 35.5. The number of ether oxygens (including phenoxy) is 5. The number of nitrogens with zero attached hydrogens (tertiary/aromatic N) is 3. The van der Waals surface area contributed by atoms with Gasteiger partial charge in [-0.2, -0.15) is 5.26 Å². The number of carbonyl (C=O) groups is 4. The quantitative estimate of drug-likeness (QED) is 0.120. The Morgan fingerprint density at radius 3 is 2.42 bits per heavy atom. The van der Waals surface area contributed by atoms with E-state index < -0.39 is 42.1 Å². The van der Waals surface area contributed by atoms with Crippen LogP contribution in [0.2, 0.25) is 0 Å². The van der Waals surface area contributed by atoms with E-state index >= 15 is 0 Å². The van der Waals surface area contributed by atoms with Gasteiger partial charge < -0.3 is 34.3 Å². The van der Waals surface area contributed by atoms with Gasteiger partial charge in [-0.15, -0.1) is 0 Å².